The van der Waals surface area contributed by atoms with Gasteiger partial charge in [0, 0.05) is 6.42 Å². The van der Waals surface area contributed by atoms with Gasteiger partial charge in [-0.15, -0.1) is 0 Å². The van der Waals surface area contributed by atoms with Crippen molar-refractivity contribution < 1.29 is 28.4 Å². The summed E-state index contributed by atoms with van der Waals surface area (Å²) in [5.74, 6) is 1.58. The van der Waals surface area contributed by atoms with Gasteiger partial charge in [0.1, 0.15) is 24.7 Å². The van der Waals surface area contributed by atoms with Crippen LogP contribution >= 0.6 is 22.6 Å². The molecule has 0 unspecified atom stereocenters. The topological polar surface area (TPSA) is 55.4 Å². The zero-order chi connectivity index (χ0) is 32.3. The molecule has 0 aromatic heterocycles. The molecule has 0 saturated carbocycles. The summed E-state index contributed by atoms with van der Waals surface area (Å²) in [6.07, 6.45) is -0.741. The first-order valence-corrected chi connectivity index (χ1v) is 17.0. The van der Waals surface area contributed by atoms with Gasteiger partial charge in [-0.05, 0) is 68.5 Å². The molecule has 1 heterocycles. The van der Waals surface area contributed by atoms with Gasteiger partial charge in [0.25, 0.3) is 0 Å². The minimum atomic E-state index is -0.694. The van der Waals surface area contributed by atoms with Gasteiger partial charge < -0.3 is 28.4 Å². The maximum absolute atomic E-state index is 6.54. The Hall–Kier alpha value is -3.73. The van der Waals surface area contributed by atoms with Crippen molar-refractivity contribution in [3.05, 3.63) is 164 Å². The van der Waals surface area contributed by atoms with Gasteiger partial charge in [-0.3, -0.25) is 0 Å². The predicted octanol–water partition coefficient (Wildman–Crippen LogP) is 9.01. The third kappa shape index (κ3) is 9.21. The van der Waals surface area contributed by atoms with Crippen LogP contribution in [0.15, 0.2) is 127 Å². The molecule has 0 spiro atoms. The molecule has 5 aromatic rings. The highest BCUT2D eigenvalue weighted by Crippen LogP contribution is 2.39. The Balaban J connectivity index is 1.24. The highest BCUT2D eigenvalue weighted by molar-refractivity contribution is 14.1. The molecule has 6 nitrogen and oxygen atoms in total. The molecule has 7 heteroatoms. The maximum Gasteiger partial charge on any atom is 0.212 e. The molecule has 5 aromatic carbocycles. The zero-order valence-electron chi connectivity index (χ0n) is 26.4. The van der Waals surface area contributed by atoms with Crippen molar-refractivity contribution in [2.45, 2.75) is 65.1 Å². The SMILES string of the molecule is CCc1c(CC2O[C@@H](OCc3ccccc3)[C@H](OCc3ccccc3)O2)cc(OCc2ccccc2)c(I)c1OCc1ccccc1. The summed E-state index contributed by atoms with van der Waals surface area (Å²) >= 11 is 2.34. The average Bonchev–Trinajstić information content (AvgIpc) is 3.52. The number of benzene rings is 5. The van der Waals surface area contributed by atoms with E-state index in [1.54, 1.807) is 0 Å². The molecule has 0 N–H and O–H groups in total. The van der Waals surface area contributed by atoms with E-state index in [1.165, 1.54) is 0 Å². The van der Waals surface area contributed by atoms with Crippen LogP contribution in [0.2, 0.25) is 0 Å². The minimum absolute atomic E-state index is 0.380. The fraction of sp³-hybridized carbons (Fsp3) is 0.250. The molecule has 0 amide bonds. The van der Waals surface area contributed by atoms with Crippen LogP contribution in [0.4, 0.5) is 0 Å². The molecule has 2 atom stereocenters. The predicted molar refractivity (Wildman–Crippen MR) is 190 cm³/mol. The van der Waals surface area contributed by atoms with Crippen LogP contribution in [0.25, 0.3) is 0 Å². The lowest BCUT2D eigenvalue weighted by atomic mass is 10.00. The van der Waals surface area contributed by atoms with Gasteiger partial charge >= 0.3 is 0 Å². The van der Waals surface area contributed by atoms with Crippen molar-refractivity contribution in [2.75, 3.05) is 0 Å². The average molecular weight is 743 g/mol. The lowest BCUT2D eigenvalue weighted by molar-refractivity contribution is -0.200. The highest BCUT2D eigenvalue weighted by atomic mass is 127. The number of rotatable bonds is 15. The van der Waals surface area contributed by atoms with Crippen LogP contribution in [-0.4, -0.2) is 18.9 Å². The second-order valence-corrected chi connectivity index (χ2v) is 12.4. The Labute approximate surface area is 290 Å². The minimum Gasteiger partial charge on any atom is -0.488 e. The molecule has 1 aliphatic rings. The molecule has 242 valence electrons. The Kier molecular flexibility index (Phi) is 11.9. The smallest absolute Gasteiger partial charge is 0.212 e. The monoisotopic (exact) mass is 742 g/mol. The third-order valence-electron chi connectivity index (χ3n) is 7.89. The van der Waals surface area contributed by atoms with Crippen LogP contribution in [-0.2, 0) is 58.2 Å². The van der Waals surface area contributed by atoms with Crippen molar-refractivity contribution in [2.24, 2.45) is 0 Å². The lowest BCUT2D eigenvalue weighted by Crippen LogP contribution is -2.28. The molecule has 0 bridgehead atoms. The van der Waals surface area contributed by atoms with Crippen molar-refractivity contribution >= 4 is 22.6 Å². The fourth-order valence-electron chi connectivity index (χ4n) is 5.47. The standard InChI is InChI=1S/C40H39IO6/c1-2-34-33(23-35(42-25-29-15-7-3-8-16-29)37(41)38(34)43-26-30-17-9-4-10-18-30)24-36-46-39(44-27-31-19-11-5-12-20-31)40(47-36)45-28-32-21-13-6-14-22-32/h3-23,36,39-40H,2,24-28H2,1H3/t39-,40-/m1/s1. The summed E-state index contributed by atoms with van der Waals surface area (Å²) in [5.41, 5.74) is 6.42. The summed E-state index contributed by atoms with van der Waals surface area (Å²) in [6.45, 7) is 3.80. The number of hydrogen-bond acceptors (Lipinski definition) is 6. The van der Waals surface area contributed by atoms with Crippen LogP contribution < -0.4 is 9.47 Å². The van der Waals surface area contributed by atoms with Gasteiger partial charge in [-0.1, -0.05) is 128 Å². The van der Waals surface area contributed by atoms with E-state index in [4.69, 9.17) is 28.4 Å². The van der Waals surface area contributed by atoms with Gasteiger partial charge in [-0.25, -0.2) is 0 Å². The maximum atomic E-state index is 6.54. The normalized spacial score (nSPS) is 16.3. The van der Waals surface area contributed by atoms with Gasteiger partial charge in [0.15, 0.2) is 6.29 Å². The fourth-order valence-corrected chi connectivity index (χ4v) is 6.26. The van der Waals surface area contributed by atoms with Gasteiger partial charge in [-0.2, -0.15) is 0 Å². The zero-order valence-corrected chi connectivity index (χ0v) is 28.6. The van der Waals surface area contributed by atoms with E-state index in [9.17, 15) is 0 Å². The molecule has 1 saturated heterocycles. The molecule has 47 heavy (non-hydrogen) atoms. The highest BCUT2D eigenvalue weighted by Gasteiger charge is 2.38. The molecule has 1 aliphatic heterocycles. The molecular weight excluding hydrogens is 703 g/mol. The molecule has 0 aliphatic carbocycles. The van der Waals surface area contributed by atoms with E-state index in [1.807, 2.05) is 97.1 Å². The second-order valence-electron chi connectivity index (χ2n) is 11.3. The Bertz CT molecular complexity index is 1620. The Morgan fingerprint density at radius 2 is 1.00 bits per heavy atom. The first kappa shape index (κ1) is 33.2. The largest absolute Gasteiger partial charge is 0.488 e. The van der Waals surface area contributed by atoms with Crippen molar-refractivity contribution in [3.8, 4) is 11.5 Å². The van der Waals surface area contributed by atoms with Crippen LogP contribution in [0.5, 0.6) is 11.5 Å². The summed E-state index contributed by atoms with van der Waals surface area (Å²) < 4.78 is 39.2. The number of halogens is 1. The Morgan fingerprint density at radius 3 is 1.45 bits per heavy atom. The quantitative estimate of drug-likeness (QED) is 0.0999. The van der Waals surface area contributed by atoms with Crippen molar-refractivity contribution in [3.63, 3.8) is 0 Å². The molecular formula is C40H39IO6. The first-order valence-electron chi connectivity index (χ1n) is 16.0. The van der Waals surface area contributed by atoms with Gasteiger partial charge in [0.05, 0.1) is 16.8 Å². The van der Waals surface area contributed by atoms with Crippen molar-refractivity contribution in [1.29, 1.82) is 0 Å². The van der Waals surface area contributed by atoms with E-state index in [0.29, 0.717) is 32.8 Å². The third-order valence-corrected chi connectivity index (χ3v) is 8.92. The Morgan fingerprint density at radius 1 is 0.574 bits per heavy atom. The van der Waals surface area contributed by atoms with Crippen molar-refractivity contribution in [1.82, 2.24) is 0 Å². The first-order chi connectivity index (χ1) is 23.2. The van der Waals surface area contributed by atoms with Crippen LogP contribution in [0.3, 0.4) is 0 Å². The van der Waals surface area contributed by atoms with E-state index >= 15 is 0 Å². The van der Waals surface area contributed by atoms with Crippen LogP contribution in [0.1, 0.15) is 40.3 Å². The molecule has 0 radical (unpaired) electrons. The molecule has 1 fully saturated rings. The summed E-state index contributed by atoms with van der Waals surface area (Å²) in [5, 5.41) is 0. The molecule has 6 rings (SSSR count). The lowest BCUT2D eigenvalue weighted by Gasteiger charge is -2.21. The second kappa shape index (κ2) is 16.9. The van der Waals surface area contributed by atoms with E-state index in [0.717, 1.165) is 54.9 Å². The number of ether oxygens (including phenoxy) is 6. The van der Waals surface area contributed by atoms with E-state index in [2.05, 4.69) is 59.8 Å². The van der Waals surface area contributed by atoms with Crippen LogP contribution in [0, 0.1) is 3.57 Å². The number of hydrogen-bond donors (Lipinski definition) is 0. The van der Waals surface area contributed by atoms with E-state index < -0.39 is 18.9 Å². The summed E-state index contributed by atoms with van der Waals surface area (Å²) in [4.78, 5) is 0. The summed E-state index contributed by atoms with van der Waals surface area (Å²) in [6, 6.07) is 42.5. The van der Waals surface area contributed by atoms with E-state index in [-0.39, 0.29) is 0 Å². The van der Waals surface area contributed by atoms with Gasteiger partial charge in [0.2, 0.25) is 12.6 Å². The summed E-state index contributed by atoms with van der Waals surface area (Å²) in [7, 11) is 0.